The zero-order valence-corrected chi connectivity index (χ0v) is 11.2. The van der Waals surface area contributed by atoms with Crippen LogP contribution in [0.4, 0.5) is 11.6 Å². The molecule has 0 amide bonds. The molecular formula is C15H11ClN4. The minimum Gasteiger partial charge on any atom is -0.324 e. The Morgan fingerprint density at radius 2 is 1.65 bits per heavy atom. The van der Waals surface area contributed by atoms with Crippen LogP contribution in [0.1, 0.15) is 0 Å². The maximum absolute atomic E-state index is 5.74. The summed E-state index contributed by atoms with van der Waals surface area (Å²) in [5.41, 5.74) is 3.18. The standard InChI is InChI=1S/C15H11ClN4/c16-14-17-10-18-15(20-14)19-13-8-4-7-12(9-13)11-5-2-1-3-6-11/h1-10H,(H,17,18,19,20). The van der Waals surface area contributed by atoms with Crippen molar-refractivity contribution in [2.45, 2.75) is 0 Å². The molecule has 0 saturated heterocycles. The Kier molecular flexibility index (Phi) is 3.56. The molecule has 0 aliphatic carbocycles. The number of aromatic nitrogens is 3. The summed E-state index contributed by atoms with van der Waals surface area (Å²) in [5, 5.41) is 3.28. The lowest BCUT2D eigenvalue weighted by Gasteiger charge is -2.07. The molecule has 0 aliphatic heterocycles. The van der Waals surface area contributed by atoms with Crippen molar-refractivity contribution in [3.05, 3.63) is 66.2 Å². The lowest BCUT2D eigenvalue weighted by atomic mass is 10.1. The van der Waals surface area contributed by atoms with E-state index in [1.165, 1.54) is 6.33 Å². The van der Waals surface area contributed by atoms with Crippen molar-refractivity contribution in [2.75, 3.05) is 5.32 Å². The lowest BCUT2D eigenvalue weighted by molar-refractivity contribution is 1.05. The fraction of sp³-hybridized carbons (Fsp3) is 0. The van der Waals surface area contributed by atoms with Gasteiger partial charge in [-0.3, -0.25) is 0 Å². The number of hydrogen-bond acceptors (Lipinski definition) is 4. The molecular weight excluding hydrogens is 272 g/mol. The lowest BCUT2D eigenvalue weighted by Crippen LogP contribution is -1.98. The van der Waals surface area contributed by atoms with E-state index in [1.807, 2.05) is 36.4 Å². The minimum absolute atomic E-state index is 0.168. The largest absolute Gasteiger partial charge is 0.324 e. The van der Waals surface area contributed by atoms with Gasteiger partial charge in [0, 0.05) is 5.69 Å². The summed E-state index contributed by atoms with van der Waals surface area (Å²) in [6, 6.07) is 18.2. The highest BCUT2D eigenvalue weighted by molar-refractivity contribution is 6.28. The van der Waals surface area contributed by atoms with Crippen LogP contribution in [0.2, 0.25) is 5.28 Å². The summed E-state index contributed by atoms with van der Waals surface area (Å²) in [5.74, 6) is 0.426. The number of hydrogen-bond donors (Lipinski definition) is 1. The minimum atomic E-state index is 0.168. The van der Waals surface area contributed by atoms with E-state index in [-0.39, 0.29) is 5.28 Å². The average molecular weight is 283 g/mol. The Morgan fingerprint density at radius 1 is 0.850 bits per heavy atom. The van der Waals surface area contributed by atoms with Gasteiger partial charge in [-0.2, -0.15) is 4.98 Å². The van der Waals surface area contributed by atoms with E-state index in [0.717, 1.165) is 16.8 Å². The first-order valence-electron chi connectivity index (χ1n) is 6.08. The molecule has 0 unspecified atom stereocenters. The van der Waals surface area contributed by atoms with Gasteiger partial charge >= 0.3 is 0 Å². The molecule has 3 aromatic rings. The van der Waals surface area contributed by atoms with E-state index in [2.05, 4.69) is 38.5 Å². The van der Waals surface area contributed by atoms with E-state index in [1.54, 1.807) is 0 Å². The van der Waals surface area contributed by atoms with Crippen LogP contribution in [0, 0.1) is 0 Å². The fourth-order valence-corrected chi connectivity index (χ4v) is 2.00. The van der Waals surface area contributed by atoms with Crippen molar-refractivity contribution >= 4 is 23.2 Å². The van der Waals surface area contributed by atoms with Crippen LogP contribution < -0.4 is 5.32 Å². The average Bonchev–Trinajstić information content (AvgIpc) is 2.48. The van der Waals surface area contributed by atoms with Crippen LogP contribution in [-0.2, 0) is 0 Å². The van der Waals surface area contributed by atoms with Gasteiger partial charge in [-0.15, -0.1) is 0 Å². The monoisotopic (exact) mass is 282 g/mol. The van der Waals surface area contributed by atoms with Gasteiger partial charge in [0.1, 0.15) is 6.33 Å². The second-order valence-electron chi connectivity index (χ2n) is 4.15. The van der Waals surface area contributed by atoms with Crippen molar-refractivity contribution in [1.29, 1.82) is 0 Å². The molecule has 1 N–H and O–H groups in total. The zero-order chi connectivity index (χ0) is 13.8. The predicted octanol–water partition coefficient (Wildman–Crippen LogP) is 3.94. The molecule has 98 valence electrons. The highest BCUT2D eigenvalue weighted by Crippen LogP contribution is 2.23. The molecule has 2 aromatic carbocycles. The van der Waals surface area contributed by atoms with E-state index < -0.39 is 0 Å². The van der Waals surface area contributed by atoms with Crippen LogP contribution in [0.25, 0.3) is 11.1 Å². The van der Waals surface area contributed by atoms with Crippen molar-refractivity contribution in [3.8, 4) is 11.1 Å². The highest BCUT2D eigenvalue weighted by Gasteiger charge is 2.02. The van der Waals surface area contributed by atoms with Crippen molar-refractivity contribution < 1.29 is 0 Å². The van der Waals surface area contributed by atoms with E-state index in [4.69, 9.17) is 11.6 Å². The maximum Gasteiger partial charge on any atom is 0.231 e. The first-order valence-corrected chi connectivity index (χ1v) is 6.46. The molecule has 5 heteroatoms. The molecule has 4 nitrogen and oxygen atoms in total. The molecule has 20 heavy (non-hydrogen) atoms. The Balaban J connectivity index is 1.88. The van der Waals surface area contributed by atoms with E-state index in [9.17, 15) is 0 Å². The number of nitrogens with zero attached hydrogens (tertiary/aromatic N) is 3. The Morgan fingerprint density at radius 3 is 2.45 bits per heavy atom. The normalized spacial score (nSPS) is 10.2. The Hall–Kier alpha value is -2.46. The number of halogens is 1. The third-order valence-corrected chi connectivity index (χ3v) is 2.95. The molecule has 0 saturated carbocycles. The van der Waals surface area contributed by atoms with Crippen LogP contribution in [0.5, 0.6) is 0 Å². The van der Waals surface area contributed by atoms with Gasteiger partial charge in [-0.25, -0.2) is 9.97 Å². The Bertz CT molecular complexity index is 716. The summed E-state index contributed by atoms with van der Waals surface area (Å²) < 4.78 is 0. The molecule has 1 aromatic heterocycles. The number of nitrogens with one attached hydrogen (secondary N) is 1. The summed E-state index contributed by atoms with van der Waals surface area (Å²) in [6.07, 6.45) is 1.37. The van der Waals surface area contributed by atoms with Gasteiger partial charge in [0.05, 0.1) is 0 Å². The molecule has 0 fully saturated rings. The van der Waals surface area contributed by atoms with Gasteiger partial charge < -0.3 is 5.32 Å². The van der Waals surface area contributed by atoms with Crippen LogP contribution in [-0.4, -0.2) is 15.0 Å². The van der Waals surface area contributed by atoms with Crippen molar-refractivity contribution in [3.63, 3.8) is 0 Å². The highest BCUT2D eigenvalue weighted by atomic mass is 35.5. The van der Waals surface area contributed by atoms with E-state index in [0.29, 0.717) is 5.95 Å². The van der Waals surface area contributed by atoms with Gasteiger partial charge in [-0.05, 0) is 34.9 Å². The maximum atomic E-state index is 5.74. The first-order chi connectivity index (χ1) is 9.81. The molecule has 0 bridgehead atoms. The van der Waals surface area contributed by atoms with E-state index >= 15 is 0 Å². The smallest absolute Gasteiger partial charge is 0.231 e. The van der Waals surface area contributed by atoms with Crippen molar-refractivity contribution in [1.82, 2.24) is 15.0 Å². The first kappa shape index (κ1) is 12.6. The summed E-state index contributed by atoms with van der Waals surface area (Å²) >= 11 is 5.74. The topological polar surface area (TPSA) is 50.7 Å². The summed E-state index contributed by atoms with van der Waals surface area (Å²) in [7, 11) is 0. The van der Waals surface area contributed by atoms with Crippen LogP contribution in [0.15, 0.2) is 60.9 Å². The molecule has 0 atom stereocenters. The quantitative estimate of drug-likeness (QED) is 0.790. The Labute approximate surface area is 121 Å². The van der Waals surface area contributed by atoms with Gasteiger partial charge in [0.15, 0.2) is 0 Å². The van der Waals surface area contributed by atoms with Crippen LogP contribution in [0.3, 0.4) is 0 Å². The molecule has 0 spiro atoms. The third-order valence-electron chi connectivity index (χ3n) is 2.77. The zero-order valence-electron chi connectivity index (χ0n) is 10.5. The number of anilines is 2. The van der Waals surface area contributed by atoms with Gasteiger partial charge in [0.2, 0.25) is 11.2 Å². The second-order valence-corrected chi connectivity index (χ2v) is 4.49. The van der Waals surface area contributed by atoms with Crippen molar-refractivity contribution in [2.24, 2.45) is 0 Å². The fourth-order valence-electron chi connectivity index (χ4n) is 1.87. The van der Waals surface area contributed by atoms with Gasteiger partial charge in [-0.1, -0.05) is 42.5 Å². The molecule has 1 heterocycles. The molecule has 0 aliphatic rings. The predicted molar refractivity (Wildman–Crippen MR) is 80.0 cm³/mol. The summed E-state index contributed by atoms with van der Waals surface area (Å²) in [4.78, 5) is 11.8. The summed E-state index contributed by atoms with van der Waals surface area (Å²) in [6.45, 7) is 0. The van der Waals surface area contributed by atoms with Crippen LogP contribution >= 0.6 is 11.6 Å². The molecule has 3 rings (SSSR count). The number of rotatable bonds is 3. The number of benzene rings is 2. The van der Waals surface area contributed by atoms with Gasteiger partial charge in [0.25, 0.3) is 0 Å². The molecule has 0 radical (unpaired) electrons. The SMILES string of the molecule is Clc1ncnc(Nc2cccc(-c3ccccc3)c2)n1. The second kappa shape index (κ2) is 5.67. The third kappa shape index (κ3) is 2.92.